The standard InChI is InChI=1S/C24H31N3O2/c1-19-5-2-3-6-21(19)17-22-7-4-8-23(25-22)20-9-11-26(12-10-20)18-24(28)27-13-15-29-16-14-27/h2-8,20H,9-18H2,1H3. The Hall–Kier alpha value is -2.24. The first-order valence-corrected chi connectivity index (χ1v) is 10.8. The van der Waals surface area contributed by atoms with Crippen molar-refractivity contribution in [2.75, 3.05) is 45.9 Å². The number of nitrogens with zero attached hydrogens (tertiary/aromatic N) is 3. The fraction of sp³-hybridized carbons (Fsp3) is 0.500. The van der Waals surface area contributed by atoms with E-state index in [0.717, 1.165) is 51.1 Å². The van der Waals surface area contributed by atoms with E-state index in [0.29, 0.717) is 25.7 Å². The zero-order valence-corrected chi connectivity index (χ0v) is 17.3. The monoisotopic (exact) mass is 393 g/mol. The van der Waals surface area contributed by atoms with Gasteiger partial charge in [0.1, 0.15) is 0 Å². The van der Waals surface area contributed by atoms with Crippen molar-refractivity contribution < 1.29 is 9.53 Å². The maximum Gasteiger partial charge on any atom is 0.236 e. The van der Waals surface area contributed by atoms with Crippen LogP contribution in [-0.4, -0.2) is 66.6 Å². The van der Waals surface area contributed by atoms with Crippen LogP contribution in [0.1, 0.15) is 41.3 Å². The molecule has 0 radical (unpaired) electrons. The molecule has 2 aliphatic rings. The van der Waals surface area contributed by atoms with Gasteiger partial charge in [0.25, 0.3) is 0 Å². The summed E-state index contributed by atoms with van der Waals surface area (Å²) in [6.45, 7) is 7.41. The van der Waals surface area contributed by atoms with Crippen LogP contribution in [0, 0.1) is 6.92 Å². The molecule has 1 amide bonds. The third kappa shape index (κ3) is 5.22. The lowest BCUT2D eigenvalue weighted by Crippen LogP contribution is -2.47. The molecule has 3 heterocycles. The summed E-state index contributed by atoms with van der Waals surface area (Å²) in [7, 11) is 0. The number of hydrogen-bond donors (Lipinski definition) is 0. The quantitative estimate of drug-likeness (QED) is 0.783. The summed E-state index contributed by atoms with van der Waals surface area (Å²) >= 11 is 0. The van der Waals surface area contributed by atoms with Crippen molar-refractivity contribution in [1.82, 2.24) is 14.8 Å². The van der Waals surface area contributed by atoms with Gasteiger partial charge in [0.05, 0.1) is 19.8 Å². The van der Waals surface area contributed by atoms with Crippen molar-refractivity contribution in [3.8, 4) is 0 Å². The minimum atomic E-state index is 0.241. The molecule has 1 aromatic carbocycles. The van der Waals surface area contributed by atoms with Crippen LogP contribution >= 0.6 is 0 Å². The number of aryl methyl sites for hydroxylation is 1. The number of pyridine rings is 1. The van der Waals surface area contributed by atoms with Gasteiger partial charge < -0.3 is 9.64 Å². The zero-order chi connectivity index (χ0) is 20.1. The van der Waals surface area contributed by atoms with Crippen LogP contribution in [0.4, 0.5) is 0 Å². The molecule has 4 rings (SSSR count). The summed E-state index contributed by atoms with van der Waals surface area (Å²) < 4.78 is 5.34. The van der Waals surface area contributed by atoms with Crippen molar-refractivity contribution >= 4 is 5.91 Å². The van der Waals surface area contributed by atoms with Gasteiger partial charge in [-0.3, -0.25) is 14.7 Å². The Kier molecular flexibility index (Phi) is 6.57. The number of piperidine rings is 1. The molecule has 0 spiro atoms. The average molecular weight is 394 g/mol. The highest BCUT2D eigenvalue weighted by molar-refractivity contribution is 5.78. The highest BCUT2D eigenvalue weighted by Gasteiger charge is 2.25. The minimum Gasteiger partial charge on any atom is -0.378 e. The van der Waals surface area contributed by atoms with Crippen molar-refractivity contribution in [2.24, 2.45) is 0 Å². The van der Waals surface area contributed by atoms with Gasteiger partial charge in [0.15, 0.2) is 0 Å². The van der Waals surface area contributed by atoms with Gasteiger partial charge in [-0.05, 0) is 56.1 Å². The van der Waals surface area contributed by atoms with E-state index in [4.69, 9.17) is 9.72 Å². The summed E-state index contributed by atoms with van der Waals surface area (Å²) in [6.07, 6.45) is 3.02. The van der Waals surface area contributed by atoms with Gasteiger partial charge in [-0.2, -0.15) is 0 Å². The van der Waals surface area contributed by atoms with Crippen LogP contribution in [0.2, 0.25) is 0 Å². The largest absolute Gasteiger partial charge is 0.378 e. The van der Waals surface area contributed by atoms with E-state index in [1.807, 2.05) is 4.90 Å². The molecule has 0 aliphatic carbocycles. The number of benzene rings is 1. The number of aromatic nitrogens is 1. The van der Waals surface area contributed by atoms with Crippen LogP contribution in [0.5, 0.6) is 0 Å². The topological polar surface area (TPSA) is 45.7 Å². The molecule has 2 saturated heterocycles. The lowest BCUT2D eigenvalue weighted by atomic mass is 9.92. The van der Waals surface area contributed by atoms with Crippen LogP contribution < -0.4 is 0 Å². The minimum absolute atomic E-state index is 0.241. The van der Waals surface area contributed by atoms with Gasteiger partial charge in [0.2, 0.25) is 5.91 Å². The fourth-order valence-corrected chi connectivity index (χ4v) is 4.32. The number of hydrogen-bond acceptors (Lipinski definition) is 4. The number of amides is 1. The number of rotatable bonds is 5. The van der Waals surface area contributed by atoms with E-state index in [1.54, 1.807) is 0 Å². The highest BCUT2D eigenvalue weighted by atomic mass is 16.5. The summed E-state index contributed by atoms with van der Waals surface area (Å²) in [5.41, 5.74) is 5.00. The second-order valence-electron chi connectivity index (χ2n) is 8.20. The summed E-state index contributed by atoms with van der Waals surface area (Å²) in [4.78, 5) is 21.7. The molecule has 2 fully saturated rings. The Morgan fingerprint density at radius 2 is 1.79 bits per heavy atom. The second kappa shape index (κ2) is 9.51. The highest BCUT2D eigenvalue weighted by Crippen LogP contribution is 2.27. The molecule has 0 N–H and O–H groups in total. The van der Waals surface area contributed by atoms with Crippen LogP contribution in [0.15, 0.2) is 42.5 Å². The lowest BCUT2D eigenvalue weighted by molar-refractivity contribution is -0.136. The number of carbonyl (C=O) groups excluding carboxylic acids is 1. The molecule has 0 atom stereocenters. The van der Waals surface area contributed by atoms with Crippen LogP contribution in [-0.2, 0) is 16.0 Å². The van der Waals surface area contributed by atoms with Crippen LogP contribution in [0.3, 0.4) is 0 Å². The molecule has 5 nitrogen and oxygen atoms in total. The van der Waals surface area contributed by atoms with E-state index < -0.39 is 0 Å². The van der Waals surface area contributed by atoms with Crippen LogP contribution in [0.25, 0.3) is 0 Å². The van der Waals surface area contributed by atoms with E-state index in [9.17, 15) is 4.79 Å². The van der Waals surface area contributed by atoms with E-state index in [2.05, 4.69) is 54.3 Å². The Labute approximate surface area is 173 Å². The predicted octanol–water partition coefficient (Wildman–Crippen LogP) is 3.02. The SMILES string of the molecule is Cc1ccccc1Cc1cccc(C2CCN(CC(=O)N3CCOCC3)CC2)n1. The first-order valence-electron chi connectivity index (χ1n) is 10.8. The van der Waals surface area contributed by atoms with E-state index in [1.165, 1.54) is 16.8 Å². The molecular weight excluding hydrogens is 362 g/mol. The predicted molar refractivity (Wildman–Crippen MR) is 114 cm³/mol. The molecular formula is C24H31N3O2. The maximum absolute atomic E-state index is 12.5. The fourth-order valence-electron chi connectivity index (χ4n) is 4.32. The summed E-state index contributed by atoms with van der Waals surface area (Å²) in [5, 5.41) is 0. The van der Waals surface area contributed by atoms with Gasteiger partial charge in [-0.25, -0.2) is 0 Å². The van der Waals surface area contributed by atoms with Gasteiger partial charge in [0, 0.05) is 36.8 Å². The number of carbonyl (C=O) groups is 1. The molecule has 29 heavy (non-hydrogen) atoms. The van der Waals surface area contributed by atoms with Crippen molar-refractivity contribution in [2.45, 2.75) is 32.1 Å². The molecule has 0 saturated carbocycles. The molecule has 154 valence electrons. The molecule has 1 aromatic heterocycles. The lowest BCUT2D eigenvalue weighted by Gasteiger charge is -2.34. The van der Waals surface area contributed by atoms with Gasteiger partial charge >= 0.3 is 0 Å². The van der Waals surface area contributed by atoms with Gasteiger partial charge in [-0.1, -0.05) is 30.3 Å². The van der Waals surface area contributed by atoms with E-state index >= 15 is 0 Å². The maximum atomic E-state index is 12.5. The Morgan fingerprint density at radius 1 is 1.03 bits per heavy atom. The molecule has 2 aliphatic heterocycles. The Balaban J connectivity index is 1.31. The molecule has 5 heteroatoms. The van der Waals surface area contributed by atoms with Crippen molar-refractivity contribution in [3.63, 3.8) is 0 Å². The second-order valence-corrected chi connectivity index (χ2v) is 8.20. The third-order valence-electron chi connectivity index (χ3n) is 6.19. The summed E-state index contributed by atoms with van der Waals surface area (Å²) in [6, 6.07) is 15.0. The van der Waals surface area contributed by atoms with Crippen molar-refractivity contribution in [3.05, 3.63) is 65.0 Å². The Bertz CT molecular complexity index is 824. The van der Waals surface area contributed by atoms with E-state index in [-0.39, 0.29) is 5.91 Å². The molecule has 0 unspecified atom stereocenters. The average Bonchev–Trinajstić information content (AvgIpc) is 2.77. The molecule has 0 bridgehead atoms. The summed E-state index contributed by atoms with van der Waals surface area (Å²) in [5.74, 6) is 0.728. The number of morpholine rings is 1. The smallest absolute Gasteiger partial charge is 0.236 e. The number of ether oxygens (including phenoxy) is 1. The van der Waals surface area contributed by atoms with Crippen molar-refractivity contribution in [1.29, 1.82) is 0 Å². The zero-order valence-electron chi connectivity index (χ0n) is 17.3. The van der Waals surface area contributed by atoms with Gasteiger partial charge in [-0.15, -0.1) is 0 Å². The first-order chi connectivity index (χ1) is 14.2. The Morgan fingerprint density at radius 3 is 2.55 bits per heavy atom. The molecule has 2 aromatic rings. The number of likely N-dealkylation sites (tertiary alicyclic amines) is 1. The first kappa shape index (κ1) is 20.0. The third-order valence-corrected chi connectivity index (χ3v) is 6.19. The normalized spacial score (nSPS) is 18.7.